The van der Waals surface area contributed by atoms with Crippen molar-refractivity contribution < 1.29 is 4.74 Å². The molecule has 1 aromatic rings. The first-order chi connectivity index (χ1) is 9.28. The number of hydrogen-bond acceptors (Lipinski definition) is 5. The maximum Gasteiger partial charge on any atom is 0.125 e. The van der Waals surface area contributed by atoms with Crippen LogP contribution >= 0.6 is 0 Å². The lowest BCUT2D eigenvalue weighted by Gasteiger charge is -2.31. The number of hydrogen-bond donors (Lipinski definition) is 1. The predicted molar refractivity (Wildman–Crippen MR) is 74.7 cm³/mol. The maximum atomic E-state index is 5.81. The average molecular weight is 264 g/mol. The summed E-state index contributed by atoms with van der Waals surface area (Å²) in [7, 11) is 0. The normalized spacial score (nSPS) is 17.8. The molecule has 106 valence electrons. The number of aryl methyl sites for hydroxylation is 1. The zero-order chi connectivity index (χ0) is 13.5. The molecule has 1 aromatic heterocycles. The fourth-order valence-corrected chi connectivity index (χ4v) is 2.39. The van der Waals surface area contributed by atoms with E-state index in [4.69, 9.17) is 10.5 Å². The molecule has 0 bridgehead atoms. The van der Waals surface area contributed by atoms with Crippen LogP contribution < -0.4 is 5.73 Å². The zero-order valence-electron chi connectivity index (χ0n) is 11.7. The second-order valence-corrected chi connectivity index (χ2v) is 5.08. The highest BCUT2D eigenvalue weighted by Gasteiger charge is 2.19. The van der Waals surface area contributed by atoms with Crippen LogP contribution in [0.3, 0.4) is 0 Å². The van der Waals surface area contributed by atoms with Crippen LogP contribution in [0.15, 0.2) is 12.3 Å². The van der Waals surface area contributed by atoms with Crippen molar-refractivity contribution in [1.29, 1.82) is 0 Å². The Hall–Kier alpha value is -1.04. The van der Waals surface area contributed by atoms with Gasteiger partial charge in [-0.2, -0.15) is 0 Å². The molecule has 5 nitrogen and oxygen atoms in total. The van der Waals surface area contributed by atoms with Gasteiger partial charge in [0.1, 0.15) is 5.82 Å². The summed E-state index contributed by atoms with van der Waals surface area (Å²) in [5.74, 6) is 0.845. The van der Waals surface area contributed by atoms with Gasteiger partial charge in [-0.05, 0) is 38.8 Å². The van der Waals surface area contributed by atoms with Crippen molar-refractivity contribution in [2.45, 2.75) is 38.8 Å². The molecule has 2 heterocycles. The van der Waals surface area contributed by atoms with E-state index in [2.05, 4.69) is 14.9 Å². The van der Waals surface area contributed by atoms with Crippen molar-refractivity contribution in [3.63, 3.8) is 0 Å². The van der Waals surface area contributed by atoms with Gasteiger partial charge in [-0.25, -0.2) is 9.97 Å². The molecule has 19 heavy (non-hydrogen) atoms. The first kappa shape index (κ1) is 14.4. The molecule has 0 unspecified atom stereocenters. The summed E-state index contributed by atoms with van der Waals surface area (Å²) >= 11 is 0. The number of nitrogens with two attached hydrogens (primary N) is 1. The molecular formula is C14H24N4O. The van der Waals surface area contributed by atoms with Gasteiger partial charge in [0.2, 0.25) is 0 Å². The van der Waals surface area contributed by atoms with Crippen LogP contribution in [0, 0.1) is 6.92 Å². The van der Waals surface area contributed by atoms with E-state index < -0.39 is 0 Å². The molecule has 0 saturated carbocycles. The number of piperidine rings is 1. The molecule has 1 saturated heterocycles. The fourth-order valence-electron chi connectivity index (χ4n) is 2.39. The van der Waals surface area contributed by atoms with Crippen molar-refractivity contribution in [2.75, 3.05) is 26.2 Å². The molecule has 0 atom stereocenters. The minimum atomic E-state index is 0.412. The molecule has 2 N–H and O–H groups in total. The second kappa shape index (κ2) is 7.53. The Balaban J connectivity index is 1.71. The van der Waals surface area contributed by atoms with E-state index in [1.807, 2.05) is 19.2 Å². The summed E-state index contributed by atoms with van der Waals surface area (Å²) in [6, 6.07) is 2.00. The van der Waals surface area contributed by atoms with Crippen LogP contribution in [0.5, 0.6) is 0 Å². The van der Waals surface area contributed by atoms with Crippen LogP contribution in [0.25, 0.3) is 0 Å². The van der Waals surface area contributed by atoms with Crippen LogP contribution in [0.1, 0.15) is 30.8 Å². The third-order valence-corrected chi connectivity index (χ3v) is 3.46. The smallest absolute Gasteiger partial charge is 0.125 e. The van der Waals surface area contributed by atoms with Gasteiger partial charge in [0.15, 0.2) is 0 Å². The second-order valence-electron chi connectivity index (χ2n) is 5.08. The fraction of sp³-hybridized carbons (Fsp3) is 0.714. The number of likely N-dealkylation sites (tertiary alicyclic amines) is 1. The first-order valence-corrected chi connectivity index (χ1v) is 7.10. The van der Waals surface area contributed by atoms with Crippen molar-refractivity contribution in [3.05, 3.63) is 23.8 Å². The molecule has 1 aliphatic heterocycles. The number of rotatable bonds is 6. The van der Waals surface area contributed by atoms with E-state index in [1.165, 1.54) is 0 Å². The average Bonchev–Trinajstić information content (AvgIpc) is 2.41. The SMILES string of the molecule is Cc1nccc(CN2CCC(OCCCN)CC2)n1. The van der Waals surface area contributed by atoms with Crippen LogP contribution in [-0.4, -0.2) is 47.2 Å². The van der Waals surface area contributed by atoms with Gasteiger partial charge in [-0.3, -0.25) is 4.90 Å². The van der Waals surface area contributed by atoms with Crippen molar-refractivity contribution in [1.82, 2.24) is 14.9 Å². The van der Waals surface area contributed by atoms with E-state index >= 15 is 0 Å². The molecule has 0 amide bonds. The summed E-state index contributed by atoms with van der Waals surface area (Å²) in [5, 5.41) is 0. The largest absolute Gasteiger partial charge is 0.378 e. The number of ether oxygens (including phenoxy) is 1. The van der Waals surface area contributed by atoms with Gasteiger partial charge in [-0.1, -0.05) is 0 Å². The molecule has 0 spiro atoms. The Bertz CT molecular complexity index is 377. The summed E-state index contributed by atoms with van der Waals surface area (Å²) < 4.78 is 5.81. The number of aromatic nitrogens is 2. The van der Waals surface area contributed by atoms with Crippen molar-refractivity contribution in [2.24, 2.45) is 5.73 Å². The minimum Gasteiger partial charge on any atom is -0.378 e. The van der Waals surface area contributed by atoms with Crippen LogP contribution in [-0.2, 0) is 11.3 Å². The lowest BCUT2D eigenvalue weighted by molar-refractivity contribution is 0.00539. The van der Waals surface area contributed by atoms with Crippen molar-refractivity contribution in [3.8, 4) is 0 Å². The molecule has 1 aliphatic rings. The monoisotopic (exact) mass is 264 g/mol. The molecule has 0 aliphatic carbocycles. The minimum absolute atomic E-state index is 0.412. The van der Waals surface area contributed by atoms with Gasteiger partial charge in [0.25, 0.3) is 0 Å². The highest BCUT2D eigenvalue weighted by Crippen LogP contribution is 2.15. The van der Waals surface area contributed by atoms with E-state index in [0.29, 0.717) is 12.6 Å². The van der Waals surface area contributed by atoms with Gasteiger partial charge >= 0.3 is 0 Å². The Morgan fingerprint density at radius 2 is 2.21 bits per heavy atom. The highest BCUT2D eigenvalue weighted by molar-refractivity contribution is 5.01. The zero-order valence-corrected chi connectivity index (χ0v) is 11.7. The lowest BCUT2D eigenvalue weighted by atomic mass is 10.1. The molecule has 2 rings (SSSR count). The van der Waals surface area contributed by atoms with Gasteiger partial charge < -0.3 is 10.5 Å². The summed E-state index contributed by atoms with van der Waals surface area (Å²) in [6.45, 7) is 6.52. The first-order valence-electron chi connectivity index (χ1n) is 7.10. The van der Waals surface area contributed by atoms with Gasteiger partial charge in [0.05, 0.1) is 11.8 Å². The Morgan fingerprint density at radius 1 is 1.42 bits per heavy atom. The third kappa shape index (κ3) is 4.86. The Labute approximate surface area is 115 Å². The molecule has 1 fully saturated rings. The summed E-state index contributed by atoms with van der Waals surface area (Å²) in [4.78, 5) is 11.0. The maximum absolute atomic E-state index is 5.81. The van der Waals surface area contributed by atoms with E-state index in [9.17, 15) is 0 Å². The summed E-state index contributed by atoms with van der Waals surface area (Å²) in [6.07, 6.45) is 5.42. The quantitative estimate of drug-likeness (QED) is 0.780. The Morgan fingerprint density at radius 3 is 2.89 bits per heavy atom. The molecule has 0 aromatic carbocycles. The summed E-state index contributed by atoms with van der Waals surface area (Å²) in [5.41, 5.74) is 6.57. The van der Waals surface area contributed by atoms with E-state index in [1.54, 1.807) is 0 Å². The number of nitrogens with zero attached hydrogens (tertiary/aromatic N) is 3. The highest BCUT2D eigenvalue weighted by atomic mass is 16.5. The molecule has 0 radical (unpaired) electrons. The predicted octanol–water partition coefficient (Wildman–Crippen LogP) is 1.11. The lowest BCUT2D eigenvalue weighted by Crippen LogP contribution is -2.37. The standard InChI is InChI=1S/C14H24N4O/c1-12-16-7-3-13(17-12)11-18-8-4-14(5-9-18)19-10-2-6-15/h3,7,14H,2,4-6,8-11,15H2,1H3. The molecular weight excluding hydrogens is 240 g/mol. The van der Waals surface area contributed by atoms with Crippen LogP contribution in [0.4, 0.5) is 0 Å². The third-order valence-electron chi connectivity index (χ3n) is 3.46. The topological polar surface area (TPSA) is 64.3 Å². The van der Waals surface area contributed by atoms with Crippen molar-refractivity contribution >= 4 is 0 Å². The van der Waals surface area contributed by atoms with E-state index in [0.717, 1.165) is 57.0 Å². The van der Waals surface area contributed by atoms with Gasteiger partial charge in [0, 0.05) is 32.4 Å². The Kier molecular flexibility index (Phi) is 5.69. The van der Waals surface area contributed by atoms with Crippen LogP contribution in [0.2, 0.25) is 0 Å². The van der Waals surface area contributed by atoms with E-state index in [-0.39, 0.29) is 0 Å². The molecule has 5 heteroatoms. The van der Waals surface area contributed by atoms with Gasteiger partial charge in [-0.15, -0.1) is 0 Å².